The first-order valence-electron chi connectivity index (χ1n) is 11.6. The van der Waals surface area contributed by atoms with Crippen molar-refractivity contribution < 1.29 is 9.53 Å². The Hall–Kier alpha value is -2.37. The average Bonchev–Trinajstić information content (AvgIpc) is 3.62. The molecule has 2 fully saturated rings. The number of amides is 1. The number of piperidine rings is 1. The van der Waals surface area contributed by atoms with E-state index >= 15 is 0 Å². The van der Waals surface area contributed by atoms with Gasteiger partial charge in [-0.2, -0.15) is 0 Å². The number of hydrogen-bond acceptors (Lipinski definition) is 4. The van der Waals surface area contributed by atoms with Gasteiger partial charge in [-0.1, -0.05) is 37.3 Å². The van der Waals surface area contributed by atoms with E-state index < -0.39 is 0 Å². The summed E-state index contributed by atoms with van der Waals surface area (Å²) in [6.07, 6.45) is 4.44. The van der Waals surface area contributed by atoms with Gasteiger partial charge in [0.05, 0.1) is 7.11 Å². The molecule has 5 nitrogen and oxygen atoms in total. The van der Waals surface area contributed by atoms with Crippen molar-refractivity contribution >= 4 is 11.6 Å². The second-order valence-corrected chi connectivity index (χ2v) is 9.29. The average molecular weight is 420 g/mol. The van der Waals surface area contributed by atoms with E-state index in [1.807, 2.05) is 11.9 Å². The monoisotopic (exact) mass is 419 g/mol. The molecular weight excluding hydrogens is 386 g/mol. The topological polar surface area (TPSA) is 53.6 Å². The lowest BCUT2D eigenvalue weighted by Crippen LogP contribution is -2.49. The molecule has 0 unspecified atom stereocenters. The summed E-state index contributed by atoms with van der Waals surface area (Å²) in [5, 5.41) is 7.68. The van der Waals surface area contributed by atoms with Crippen LogP contribution in [0.1, 0.15) is 61.3 Å². The standard InChI is InChI=1S/C26H33N3O2/c1-4-18-10-11-22(25(28-18)16-8-6-5-7-9-16)27-15-17-12-23-20(14-24(17)31-3)19-13-21(19)26(30)29(23)2/h5-9,12,14,18-19,21-22,25,27-28H,4,10-11,13,15H2,1-3H3/t18-,19+,21+,22-,25-/m0/s1. The van der Waals surface area contributed by atoms with Gasteiger partial charge in [0.15, 0.2) is 0 Å². The van der Waals surface area contributed by atoms with Crippen LogP contribution in [0, 0.1) is 5.92 Å². The maximum Gasteiger partial charge on any atom is 0.230 e. The number of carbonyl (C=O) groups excluding carboxylic acids is 1. The van der Waals surface area contributed by atoms with Crippen molar-refractivity contribution in [1.29, 1.82) is 0 Å². The van der Waals surface area contributed by atoms with Crippen LogP contribution in [0.2, 0.25) is 0 Å². The summed E-state index contributed by atoms with van der Waals surface area (Å²) in [5.41, 5.74) is 4.76. The molecule has 5 atom stereocenters. The summed E-state index contributed by atoms with van der Waals surface area (Å²) in [7, 11) is 3.65. The maximum absolute atomic E-state index is 12.5. The maximum atomic E-state index is 12.5. The minimum absolute atomic E-state index is 0.178. The Morgan fingerprint density at radius 1 is 1.16 bits per heavy atom. The van der Waals surface area contributed by atoms with E-state index in [-0.39, 0.29) is 11.8 Å². The molecular formula is C26H33N3O2. The fourth-order valence-electron chi connectivity index (χ4n) is 5.49. The zero-order chi connectivity index (χ0) is 21.5. The third-order valence-corrected chi connectivity index (χ3v) is 7.48. The van der Waals surface area contributed by atoms with Gasteiger partial charge in [0, 0.05) is 48.9 Å². The Kier molecular flexibility index (Phi) is 5.49. The number of hydrogen-bond donors (Lipinski definition) is 2. The Bertz CT molecular complexity index is 961. The highest BCUT2D eigenvalue weighted by Gasteiger charge is 2.50. The highest BCUT2D eigenvalue weighted by atomic mass is 16.5. The highest BCUT2D eigenvalue weighted by molar-refractivity contribution is 6.01. The third-order valence-electron chi connectivity index (χ3n) is 7.48. The van der Waals surface area contributed by atoms with E-state index in [4.69, 9.17) is 4.74 Å². The summed E-state index contributed by atoms with van der Waals surface area (Å²) < 4.78 is 5.77. The van der Waals surface area contributed by atoms with Gasteiger partial charge in [0.2, 0.25) is 5.91 Å². The zero-order valence-corrected chi connectivity index (χ0v) is 18.7. The van der Waals surface area contributed by atoms with Crippen LogP contribution < -0.4 is 20.3 Å². The van der Waals surface area contributed by atoms with E-state index in [1.54, 1.807) is 7.11 Å². The first-order chi connectivity index (χ1) is 15.1. The summed E-state index contributed by atoms with van der Waals surface area (Å²) in [4.78, 5) is 14.4. The minimum atomic E-state index is 0.178. The Morgan fingerprint density at radius 2 is 1.97 bits per heavy atom. The summed E-state index contributed by atoms with van der Waals surface area (Å²) in [6.45, 7) is 2.98. The van der Waals surface area contributed by atoms with Gasteiger partial charge in [-0.05, 0) is 54.9 Å². The van der Waals surface area contributed by atoms with E-state index in [2.05, 4.69) is 60.0 Å². The molecule has 0 radical (unpaired) electrons. The first kappa shape index (κ1) is 20.5. The lowest BCUT2D eigenvalue weighted by molar-refractivity contribution is -0.119. The highest BCUT2D eigenvalue weighted by Crippen LogP contribution is 2.56. The van der Waals surface area contributed by atoms with Crippen LogP contribution in [0.4, 0.5) is 5.69 Å². The molecule has 2 aromatic carbocycles. The van der Waals surface area contributed by atoms with Crippen molar-refractivity contribution in [3.05, 3.63) is 59.2 Å². The van der Waals surface area contributed by atoms with Crippen molar-refractivity contribution in [2.24, 2.45) is 5.92 Å². The van der Waals surface area contributed by atoms with Crippen LogP contribution in [0.5, 0.6) is 5.75 Å². The molecule has 2 N–H and O–H groups in total. The molecule has 2 aliphatic heterocycles. The number of anilines is 1. The molecule has 1 saturated heterocycles. The summed E-state index contributed by atoms with van der Waals surface area (Å²) in [5.74, 6) is 1.74. The molecule has 164 valence electrons. The predicted octanol–water partition coefficient (Wildman–Crippen LogP) is 4.14. The van der Waals surface area contributed by atoms with Crippen LogP contribution in [-0.2, 0) is 11.3 Å². The van der Waals surface area contributed by atoms with E-state index in [0.717, 1.165) is 42.8 Å². The van der Waals surface area contributed by atoms with Gasteiger partial charge in [-0.15, -0.1) is 0 Å². The molecule has 1 amide bonds. The van der Waals surface area contributed by atoms with Crippen molar-refractivity contribution in [2.75, 3.05) is 19.1 Å². The lowest BCUT2D eigenvalue weighted by Gasteiger charge is -2.38. The van der Waals surface area contributed by atoms with Crippen molar-refractivity contribution in [2.45, 2.75) is 63.2 Å². The van der Waals surface area contributed by atoms with Gasteiger partial charge in [-0.3, -0.25) is 4.79 Å². The van der Waals surface area contributed by atoms with Crippen LogP contribution in [0.15, 0.2) is 42.5 Å². The van der Waals surface area contributed by atoms with Crippen LogP contribution >= 0.6 is 0 Å². The molecule has 31 heavy (non-hydrogen) atoms. The molecule has 2 aromatic rings. The summed E-state index contributed by atoms with van der Waals surface area (Å²) in [6, 6.07) is 16.3. The fourth-order valence-corrected chi connectivity index (χ4v) is 5.49. The van der Waals surface area contributed by atoms with Crippen LogP contribution in [0.3, 0.4) is 0 Å². The zero-order valence-electron chi connectivity index (χ0n) is 18.7. The molecule has 0 aromatic heterocycles. The number of rotatable bonds is 6. The van der Waals surface area contributed by atoms with Gasteiger partial charge >= 0.3 is 0 Å². The van der Waals surface area contributed by atoms with E-state index in [1.165, 1.54) is 17.5 Å². The normalized spacial score (nSPS) is 29.3. The molecule has 5 heteroatoms. The molecule has 5 rings (SSSR count). The Labute approximate surface area is 185 Å². The Balaban J connectivity index is 1.38. The van der Waals surface area contributed by atoms with Gasteiger partial charge in [0.25, 0.3) is 0 Å². The minimum Gasteiger partial charge on any atom is -0.496 e. The van der Waals surface area contributed by atoms with E-state index in [9.17, 15) is 4.79 Å². The van der Waals surface area contributed by atoms with Crippen LogP contribution in [-0.4, -0.2) is 32.1 Å². The Morgan fingerprint density at radius 3 is 2.71 bits per heavy atom. The molecule has 1 saturated carbocycles. The van der Waals surface area contributed by atoms with Crippen molar-refractivity contribution in [1.82, 2.24) is 10.6 Å². The molecule has 0 spiro atoms. The smallest absolute Gasteiger partial charge is 0.230 e. The largest absolute Gasteiger partial charge is 0.496 e. The number of ether oxygens (including phenoxy) is 1. The predicted molar refractivity (Wildman–Crippen MR) is 124 cm³/mol. The van der Waals surface area contributed by atoms with Gasteiger partial charge in [-0.25, -0.2) is 0 Å². The quantitative estimate of drug-likeness (QED) is 0.739. The number of carbonyl (C=O) groups is 1. The van der Waals surface area contributed by atoms with E-state index in [0.29, 0.717) is 24.0 Å². The van der Waals surface area contributed by atoms with Gasteiger partial charge in [0.1, 0.15) is 5.75 Å². The molecule has 2 heterocycles. The summed E-state index contributed by atoms with van der Waals surface area (Å²) >= 11 is 0. The number of benzene rings is 2. The van der Waals surface area contributed by atoms with Gasteiger partial charge < -0.3 is 20.3 Å². The third kappa shape index (κ3) is 3.74. The molecule has 0 bridgehead atoms. The SMILES string of the molecule is CC[C@H]1CC[C@H](NCc2cc3c(cc2OC)[C@H]2C[C@H]2C(=O)N3C)[C@H](c2ccccc2)N1. The second kappa shape index (κ2) is 8.29. The first-order valence-corrected chi connectivity index (χ1v) is 11.6. The number of methoxy groups -OCH3 is 1. The molecule has 1 aliphatic carbocycles. The van der Waals surface area contributed by atoms with Crippen molar-refractivity contribution in [3.8, 4) is 5.75 Å². The fraction of sp³-hybridized carbons (Fsp3) is 0.500. The molecule has 3 aliphatic rings. The number of nitrogens with zero attached hydrogens (tertiary/aromatic N) is 1. The van der Waals surface area contributed by atoms with Crippen LogP contribution in [0.25, 0.3) is 0 Å². The van der Waals surface area contributed by atoms with Crippen molar-refractivity contribution in [3.63, 3.8) is 0 Å². The number of fused-ring (bicyclic) bond motifs is 3. The number of nitrogens with one attached hydrogen (secondary N) is 2. The second-order valence-electron chi connectivity index (χ2n) is 9.29. The lowest BCUT2D eigenvalue weighted by atomic mass is 9.88.